The Morgan fingerprint density at radius 1 is 1.04 bits per heavy atom. The minimum absolute atomic E-state index is 0.305. The number of hydrogen-bond acceptors (Lipinski definition) is 6. The maximum absolute atomic E-state index is 12.1. The van der Waals surface area contributed by atoms with E-state index in [9.17, 15) is 4.79 Å². The lowest BCUT2D eigenvalue weighted by molar-refractivity contribution is 0.0525. The maximum Gasteiger partial charge on any atom is 0.339 e. The Balaban J connectivity index is 2.04. The zero-order valence-electron chi connectivity index (χ0n) is 14.7. The third-order valence-electron chi connectivity index (χ3n) is 3.93. The van der Waals surface area contributed by atoms with Crippen LogP contribution >= 0.6 is 0 Å². The van der Waals surface area contributed by atoms with E-state index in [1.54, 1.807) is 19.9 Å². The Kier molecular flexibility index (Phi) is 4.61. The molecule has 1 aromatic carbocycles. The van der Waals surface area contributed by atoms with Crippen molar-refractivity contribution in [1.82, 2.24) is 15.2 Å². The minimum atomic E-state index is -0.410. The Hall–Kier alpha value is -3.02. The van der Waals surface area contributed by atoms with Crippen molar-refractivity contribution in [2.45, 2.75) is 27.7 Å². The van der Waals surface area contributed by atoms with E-state index in [-0.39, 0.29) is 0 Å². The summed E-state index contributed by atoms with van der Waals surface area (Å²) in [5, 5.41) is 8.27. The van der Waals surface area contributed by atoms with Gasteiger partial charge in [-0.1, -0.05) is 18.2 Å². The molecule has 0 saturated heterocycles. The average molecular weight is 337 g/mol. The number of esters is 1. The van der Waals surface area contributed by atoms with Crippen LogP contribution < -0.4 is 0 Å². The van der Waals surface area contributed by atoms with Crippen LogP contribution in [0.15, 0.2) is 34.7 Å². The molecule has 0 radical (unpaired) electrons. The molecule has 0 aliphatic rings. The predicted molar refractivity (Wildman–Crippen MR) is 93.1 cm³/mol. The van der Waals surface area contributed by atoms with Crippen molar-refractivity contribution >= 4 is 5.97 Å². The van der Waals surface area contributed by atoms with Gasteiger partial charge in [0.25, 0.3) is 0 Å². The van der Waals surface area contributed by atoms with Gasteiger partial charge in [0.1, 0.15) is 0 Å². The first-order valence-corrected chi connectivity index (χ1v) is 8.06. The van der Waals surface area contributed by atoms with Crippen molar-refractivity contribution in [2.24, 2.45) is 0 Å². The molecule has 0 atom stereocenters. The highest BCUT2D eigenvalue weighted by Gasteiger charge is 2.19. The van der Waals surface area contributed by atoms with E-state index < -0.39 is 5.97 Å². The highest BCUT2D eigenvalue weighted by atomic mass is 16.5. The molecular weight excluding hydrogens is 318 g/mol. The van der Waals surface area contributed by atoms with Crippen LogP contribution in [0.1, 0.15) is 34.2 Å². The Labute approximate surface area is 145 Å². The van der Waals surface area contributed by atoms with Crippen molar-refractivity contribution in [1.29, 1.82) is 0 Å². The Morgan fingerprint density at radius 3 is 2.40 bits per heavy atom. The standard InChI is InChI=1S/C19H19N3O3/c1-5-24-19(23)16-10-15(12(3)20-13(16)4)18-22-21-17(25-18)14-9-7-6-8-11(14)2/h6-10H,5H2,1-4H3. The molecule has 0 spiro atoms. The molecule has 3 aromatic rings. The molecule has 2 aromatic heterocycles. The van der Waals surface area contributed by atoms with Crippen LogP contribution in [0.3, 0.4) is 0 Å². The maximum atomic E-state index is 12.1. The number of hydrogen-bond donors (Lipinski definition) is 0. The molecule has 2 heterocycles. The first-order valence-electron chi connectivity index (χ1n) is 8.06. The van der Waals surface area contributed by atoms with Gasteiger partial charge in [0.15, 0.2) is 0 Å². The fraction of sp³-hybridized carbons (Fsp3) is 0.263. The molecule has 0 bridgehead atoms. The normalized spacial score (nSPS) is 10.7. The molecule has 0 saturated carbocycles. The molecule has 6 heteroatoms. The number of pyridine rings is 1. The zero-order chi connectivity index (χ0) is 18.0. The largest absolute Gasteiger partial charge is 0.462 e. The summed E-state index contributed by atoms with van der Waals surface area (Å²) in [6, 6.07) is 9.48. The van der Waals surface area contributed by atoms with Gasteiger partial charge < -0.3 is 9.15 Å². The quantitative estimate of drug-likeness (QED) is 0.672. The van der Waals surface area contributed by atoms with Gasteiger partial charge in [0, 0.05) is 5.56 Å². The van der Waals surface area contributed by atoms with E-state index in [1.807, 2.05) is 38.1 Å². The van der Waals surface area contributed by atoms with Crippen LogP contribution in [0.25, 0.3) is 22.9 Å². The van der Waals surface area contributed by atoms with Crippen molar-refractivity contribution in [3.63, 3.8) is 0 Å². The number of ether oxygens (including phenoxy) is 1. The van der Waals surface area contributed by atoms with Gasteiger partial charge in [-0.05, 0) is 45.4 Å². The van der Waals surface area contributed by atoms with E-state index in [4.69, 9.17) is 9.15 Å². The fourth-order valence-corrected chi connectivity index (χ4v) is 2.61. The summed E-state index contributed by atoms with van der Waals surface area (Å²) in [7, 11) is 0. The van der Waals surface area contributed by atoms with E-state index in [0.29, 0.717) is 40.9 Å². The molecular formula is C19H19N3O3. The smallest absolute Gasteiger partial charge is 0.339 e. The summed E-state index contributed by atoms with van der Waals surface area (Å²) in [5.41, 5.74) is 4.27. The fourth-order valence-electron chi connectivity index (χ4n) is 2.61. The Bertz CT molecular complexity index is 931. The number of carbonyl (C=O) groups is 1. The molecule has 0 aliphatic carbocycles. The minimum Gasteiger partial charge on any atom is -0.462 e. The second-order valence-electron chi connectivity index (χ2n) is 5.70. The van der Waals surface area contributed by atoms with Gasteiger partial charge in [-0.25, -0.2) is 4.79 Å². The molecule has 0 fully saturated rings. The SMILES string of the molecule is CCOC(=O)c1cc(-c2nnc(-c3ccccc3C)o2)c(C)nc1C. The lowest BCUT2D eigenvalue weighted by atomic mass is 10.1. The van der Waals surface area contributed by atoms with Crippen LogP contribution in [0.2, 0.25) is 0 Å². The summed E-state index contributed by atoms with van der Waals surface area (Å²) >= 11 is 0. The molecule has 25 heavy (non-hydrogen) atoms. The van der Waals surface area contributed by atoms with Crippen molar-refractivity contribution < 1.29 is 13.9 Å². The lowest BCUT2D eigenvalue weighted by Gasteiger charge is -2.08. The molecule has 3 rings (SSSR count). The van der Waals surface area contributed by atoms with Gasteiger partial charge in [-0.15, -0.1) is 10.2 Å². The molecule has 0 N–H and O–H groups in total. The molecule has 0 aliphatic heterocycles. The number of benzene rings is 1. The molecule has 0 unspecified atom stereocenters. The monoisotopic (exact) mass is 337 g/mol. The van der Waals surface area contributed by atoms with Crippen LogP contribution in [0.4, 0.5) is 0 Å². The van der Waals surface area contributed by atoms with Gasteiger partial charge >= 0.3 is 5.97 Å². The number of nitrogens with zero attached hydrogens (tertiary/aromatic N) is 3. The molecule has 6 nitrogen and oxygen atoms in total. The number of rotatable bonds is 4. The van der Waals surface area contributed by atoms with Crippen LogP contribution in [0, 0.1) is 20.8 Å². The number of carbonyl (C=O) groups excluding carboxylic acids is 1. The highest BCUT2D eigenvalue weighted by Crippen LogP contribution is 2.28. The predicted octanol–water partition coefficient (Wildman–Crippen LogP) is 3.90. The van der Waals surface area contributed by atoms with E-state index in [1.165, 1.54) is 0 Å². The average Bonchev–Trinajstić information content (AvgIpc) is 3.05. The van der Waals surface area contributed by atoms with Crippen molar-refractivity contribution in [3.8, 4) is 22.9 Å². The van der Waals surface area contributed by atoms with Gasteiger partial charge in [-0.2, -0.15) is 0 Å². The lowest BCUT2D eigenvalue weighted by Crippen LogP contribution is -2.09. The van der Waals surface area contributed by atoms with Crippen molar-refractivity contribution in [3.05, 3.63) is 52.8 Å². The van der Waals surface area contributed by atoms with E-state index in [0.717, 1.165) is 11.1 Å². The molecule has 0 amide bonds. The van der Waals surface area contributed by atoms with Crippen LogP contribution in [-0.4, -0.2) is 27.8 Å². The Morgan fingerprint density at radius 2 is 1.72 bits per heavy atom. The second-order valence-corrected chi connectivity index (χ2v) is 5.70. The summed E-state index contributed by atoms with van der Waals surface area (Å²) in [4.78, 5) is 16.5. The summed E-state index contributed by atoms with van der Waals surface area (Å²) in [6.07, 6.45) is 0. The van der Waals surface area contributed by atoms with Gasteiger partial charge in [0.05, 0.1) is 29.1 Å². The van der Waals surface area contributed by atoms with Gasteiger partial charge in [-0.3, -0.25) is 4.98 Å². The number of aromatic nitrogens is 3. The first-order chi connectivity index (χ1) is 12.0. The van der Waals surface area contributed by atoms with E-state index in [2.05, 4.69) is 15.2 Å². The van der Waals surface area contributed by atoms with Crippen LogP contribution in [0.5, 0.6) is 0 Å². The second kappa shape index (κ2) is 6.84. The van der Waals surface area contributed by atoms with Crippen molar-refractivity contribution in [2.75, 3.05) is 6.61 Å². The highest BCUT2D eigenvalue weighted by molar-refractivity contribution is 5.92. The topological polar surface area (TPSA) is 78.1 Å². The summed E-state index contributed by atoms with van der Waals surface area (Å²) in [5.74, 6) is 0.354. The number of aryl methyl sites for hydroxylation is 3. The third kappa shape index (κ3) is 3.28. The summed E-state index contributed by atoms with van der Waals surface area (Å²) < 4.78 is 10.9. The molecule has 128 valence electrons. The van der Waals surface area contributed by atoms with Crippen LogP contribution in [-0.2, 0) is 4.74 Å². The third-order valence-corrected chi connectivity index (χ3v) is 3.93. The summed E-state index contributed by atoms with van der Waals surface area (Å²) in [6.45, 7) is 7.67. The first kappa shape index (κ1) is 16.8. The van der Waals surface area contributed by atoms with Gasteiger partial charge in [0.2, 0.25) is 11.8 Å². The van der Waals surface area contributed by atoms with E-state index >= 15 is 0 Å². The zero-order valence-corrected chi connectivity index (χ0v) is 14.7.